The van der Waals surface area contributed by atoms with E-state index in [4.69, 9.17) is 34.8 Å². The predicted molar refractivity (Wildman–Crippen MR) is 148 cm³/mol. The van der Waals surface area contributed by atoms with Gasteiger partial charge in [-0.1, -0.05) is 61.6 Å². The molecule has 216 valence electrons. The Kier molecular flexibility index (Phi) is 11.4. The van der Waals surface area contributed by atoms with Gasteiger partial charge in [0.1, 0.15) is 12.6 Å². The number of amides is 2. The van der Waals surface area contributed by atoms with E-state index in [-0.39, 0.29) is 28.9 Å². The minimum atomic E-state index is -4.87. The summed E-state index contributed by atoms with van der Waals surface area (Å²) in [5, 5.41) is 2.55. The summed E-state index contributed by atoms with van der Waals surface area (Å²) in [7, 11) is -4.26. The third kappa shape index (κ3) is 8.89. The Labute approximate surface area is 241 Å². The second-order valence-electron chi connectivity index (χ2n) is 9.22. The van der Waals surface area contributed by atoms with Crippen LogP contribution in [0.3, 0.4) is 0 Å². The van der Waals surface area contributed by atoms with Crippen LogP contribution in [-0.2, 0) is 32.3 Å². The molecular weight excluding hydrogens is 602 g/mol. The van der Waals surface area contributed by atoms with Gasteiger partial charge in [0.2, 0.25) is 21.8 Å². The van der Waals surface area contributed by atoms with Crippen LogP contribution >= 0.6 is 34.8 Å². The summed E-state index contributed by atoms with van der Waals surface area (Å²) in [6.45, 7) is 4.62. The van der Waals surface area contributed by atoms with Gasteiger partial charge < -0.3 is 10.2 Å². The topological polar surface area (TPSA) is 86.8 Å². The molecule has 14 heteroatoms. The van der Waals surface area contributed by atoms with Crippen molar-refractivity contribution in [3.63, 3.8) is 0 Å². The van der Waals surface area contributed by atoms with Crippen LogP contribution in [0.4, 0.5) is 18.9 Å². The molecule has 0 radical (unpaired) electrons. The number of alkyl halides is 3. The summed E-state index contributed by atoms with van der Waals surface area (Å²) >= 11 is 18.3. The molecular formula is C25H29Cl3F3N3O4S. The summed E-state index contributed by atoms with van der Waals surface area (Å²) < 4.78 is 66.3. The van der Waals surface area contributed by atoms with Crippen molar-refractivity contribution in [2.45, 2.75) is 46.0 Å². The number of carbonyl (C=O) groups excluding carboxylic acids is 2. The number of halogens is 6. The molecule has 1 N–H and O–H groups in total. The largest absolute Gasteiger partial charge is 0.417 e. The number of carbonyl (C=O) groups is 2. The number of hydrogen-bond donors (Lipinski definition) is 1. The van der Waals surface area contributed by atoms with Crippen molar-refractivity contribution in [2.24, 2.45) is 5.92 Å². The first-order valence-electron chi connectivity index (χ1n) is 11.8. The summed E-state index contributed by atoms with van der Waals surface area (Å²) in [6.07, 6.45) is -3.96. The lowest BCUT2D eigenvalue weighted by molar-refractivity contribution is -0.140. The fourth-order valence-corrected chi connectivity index (χ4v) is 5.28. The number of benzene rings is 2. The van der Waals surface area contributed by atoms with Crippen LogP contribution in [0.2, 0.25) is 15.1 Å². The summed E-state index contributed by atoms with van der Waals surface area (Å²) in [4.78, 5) is 27.9. The second-order valence-corrected chi connectivity index (χ2v) is 12.3. The molecule has 0 aliphatic heterocycles. The Balaban J connectivity index is 2.57. The van der Waals surface area contributed by atoms with Crippen molar-refractivity contribution >= 4 is 62.3 Å². The van der Waals surface area contributed by atoms with E-state index in [1.165, 1.54) is 0 Å². The fourth-order valence-electron chi connectivity index (χ4n) is 3.70. The molecule has 0 saturated heterocycles. The van der Waals surface area contributed by atoms with E-state index in [1.807, 2.05) is 13.8 Å². The lowest BCUT2D eigenvalue weighted by Gasteiger charge is -2.33. The molecule has 0 heterocycles. The van der Waals surface area contributed by atoms with E-state index >= 15 is 0 Å². The average molecular weight is 631 g/mol. The summed E-state index contributed by atoms with van der Waals surface area (Å²) in [5.74, 6) is -1.23. The first-order valence-corrected chi connectivity index (χ1v) is 14.8. The van der Waals surface area contributed by atoms with Crippen LogP contribution in [0.5, 0.6) is 0 Å². The van der Waals surface area contributed by atoms with Gasteiger partial charge >= 0.3 is 6.18 Å². The zero-order valence-corrected chi connectivity index (χ0v) is 24.7. The SMILES string of the molecule is CCC(C(=O)NCC(C)C)N(Cc1c(Cl)cccc1Cl)C(=O)CN(c1ccc(Cl)c(C(F)(F)F)c1)S(C)(=O)=O. The summed E-state index contributed by atoms with van der Waals surface area (Å²) in [6, 6.07) is 6.14. The van der Waals surface area contributed by atoms with Crippen molar-refractivity contribution in [1.29, 1.82) is 0 Å². The molecule has 0 saturated carbocycles. The Morgan fingerprint density at radius 2 is 1.62 bits per heavy atom. The highest BCUT2D eigenvalue weighted by Crippen LogP contribution is 2.37. The number of hydrogen-bond acceptors (Lipinski definition) is 4. The molecule has 7 nitrogen and oxygen atoms in total. The van der Waals surface area contributed by atoms with Gasteiger partial charge in [-0.25, -0.2) is 8.42 Å². The first kappa shape index (κ1) is 33.0. The molecule has 1 unspecified atom stereocenters. The maximum Gasteiger partial charge on any atom is 0.417 e. The predicted octanol–water partition coefficient (Wildman–Crippen LogP) is 6.01. The number of rotatable bonds is 11. The lowest BCUT2D eigenvalue weighted by atomic mass is 10.1. The minimum absolute atomic E-state index is 0.113. The van der Waals surface area contributed by atoms with Crippen LogP contribution in [0, 0.1) is 5.92 Å². The minimum Gasteiger partial charge on any atom is -0.354 e. The van der Waals surface area contributed by atoms with E-state index < -0.39 is 56.9 Å². The van der Waals surface area contributed by atoms with Crippen molar-refractivity contribution in [3.8, 4) is 0 Å². The van der Waals surface area contributed by atoms with Crippen LogP contribution in [0.25, 0.3) is 0 Å². The molecule has 2 rings (SSSR count). The Hall–Kier alpha value is -2.21. The Morgan fingerprint density at radius 1 is 1.03 bits per heavy atom. The Morgan fingerprint density at radius 3 is 2.10 bits per heavy atom. The van der Waals surface area contributed by atoms with Crippen molar-refractivity contribution in [1.82, 2.24) is 10.2 Å². The Bertz CT molecular complexity index is 1290. The molecule has 0 spiro atoms. The molecule has 0 aliphatic rings. The number of nitrogens with zero attached hydrogens (tertiary/aromatic N) is 2. The van der Waals surface area contributed by atoms with Gasteiger partial charge in [-0.05, 0) is 42.7 Å². The zero-order valence-electron chi connectivity index (χ0n) is 21.7. The van der Waals surface area contributed by atoms with E-state index in [0.29, 0.717) is 22.5 Å². The van der Waals surface area contributed by atoms with Gasteiger partial charge in [-0.2, -0.15) is 13.2 Å². The average Bonchev–Trinajstić information content (AvgIpc) is 2.81. The second kappa shape index (κ2) is 13.4. The molecule has 39 heavy (non-hydrogen) atoms. The van der Waals surface area contributed by atoms with E-state index in [9.17, 15) is 31.2 Å². The van der Waals surface area contributed by atoms with E-state index in [0.717, 1.165) is 23.3 Å². The maximum atomic E-state index is 13.7. The lowest BCUT2D eigenvalue weighted by Crippen LogP contribution is -2.52. The highest BCUT2D eigenvalue weighted by Gasteiger charge is 2.36. The van der Waals surface area contributed by atoms with Gasteiger partial charge in [-0.3, -0.25) is 13.9 Å². The van der Waals surface area contributed by atoms with Crippen molar-refractivity contribution in [2.75, 3.05) is 23.7 Å². The zero-order chi connectivity index (χ0) is 29.7. The van der Waals surface area contributed by atoms with Crippen molar-refractivity contribution in [3.05, 3.63) is 62.6 Å². The first-order chi connectivity index (χ1) is 18.0. The standard InChI is InChI=1S/C25H29Cl3F3N3O4S/c1-5-22(24(36)32-12-15(2)3)33(13-17-19(26)7-6-8-20(17)27)23(35)14-34(39(4,37)38)16-9-10-21(28)18(11-16)25(29,30)31/h6-11,15,22H,5,12-14H2,1-4H3,(H,32,36). The van der Waals surface area contributed by atoms with Crippen molar-refractivity contribution < 1.29 is 31.2 Å². The van der Waals surface area contributed by atoms with Crippen LogP contribution in [-0.4, -0.2) is 50.5 Å². The van der Waals surface area contributed by atoms with Crippen LogP contribution in [0.15, 0.2) is 36.4 Å². The highest BCUT2D eigenvalue weighted by atomic mass is 35.5. The fraction of sp³-hybridized carbons (Fsp3) is 0.440. The smallest absolute Gasteiger partial charge is 0.354 e. The van der Waals surface area contributed by atoms with E-state index in [2.05, 4.69) is 5.32 Å². The molecule has 2 amide bonds. The molecule has 2 aromatic rings. The monoisotopic (exact) mass is 629 g/mol. The third-order valence-electron chi connectivity index (χ3n) is 5.68. The van der Waals surface area contributed by atoms with Gasteiger partial charge in [0, 0.05) is 28.7 Å². The van der Waals surface area contributed by atoms with Gasteiger partial charge in [0.15, 0.2) is 0 Å². The van der Waals surface area contributed by atoms with Gasteiger partial charge in [-0.15, -0.1) is 0 Å². The third-order valence-corrected chi connectivity index (χ3v) is 7.86. The molecule has 1 atom stereocenters. The molecule has 2 aromatic carbocycles. The molecule has 0 aromatic heterocycles. The van der Waals surface area contributed by atoms with Crippen LogP contribution in [0.1, 0.15) is 38.3 Å². The quantitative estimate of drug-likeness (QED) is 0.330. The molecule has 0 aliphatic carbocycles. The highest BCUT2D eigenvalue weighted by molar-refractivity contribution is 7.92. The maximum absolute atomic E-state index is 13.7. The van der Waals surface area contributed by atoms with Crippen LogP contribution < -0.4 is 9.62 Å². The molecule has 0 bridgehead atoms. The number of anilines is 1. The number of sulfonamides is 1. The number of nitrogens with one attached hydrogen (secondary N) is 1. The summed E-state index contributed by atoms with van der Waals surface area (Å²) in [5.41, 5.74) is -1.36. The normalized spacial score (nSPS) is 12.8. The molecule has 0 fully saturated rings. The van der Waals surface area contributed by atoms with Gasteiger partial charge in [0.05, 0.1) is 22.5 Å². The van der Waals surface area contributed by atoms with Gasteiger partial charge in [0.25, 0.3) is 0 Å². The van der Waals surface area contributed by atoms with E-state index in [1.54, 1.807) is 25.1 Å².